The number of hydrogen-bond acceptors (Lipinski definition) is 32. The molecule has 8 rings (SSSR count). The van der Waals surface area contributed by atoms with Crippen LogP contribution in [0.2, 0.25) is 0 Å². The molecule has 7 N–H and O–H groups in total. The van der Waals surface area contributed by atoms with Crippen LogP contribution in [0.5, 0.6) is 0 Å². The molecule has 36 heteroatoms. The van der Waals surface area contributed by atoms with E-state index in [0.717, 1.165) is 60.8 Å². The van der Waals surface area contributed by atoms with Crippen molar-refractivity contribution in [3.05, 3.63) is 122 Å². The smallest absolute Gasteiger partial charge is 0.331 e. The molecule has 96 heavy (non-hydrogen) atoms. The summed E-state index contributed by atoms with van der Waals surface area (Å²) < 4.78 is 84.6. The van der Waals surface area contributed by atoms with E-state index < -0.39 is 169 Å². The number of fused-ring (bicyclic) bond motifs is 4. The zero-order chi connectivity index (χ0) is 70.8. The minimum atomic E-state index is -1.27. The van der Waals surface area contributed by atoms with Gasteiger partial charge in [0.05, 0.1) is 65.0 Å². The number of aliphatic carboxylic acids is 4. The van der Waals surface area contributed by atoms with E-state index in [1.807, 2.05) is 0 Å². The number of esters is 8. The Morgan fingerprint density at radius 1 is 0.292 bits per heavy atom. The Bertz CT molecular complexity index is 2740. The first-order valence-electron chi connectivity index (χ1n) is 28.3. The van der Waals surface area contributed by atoms with Gasteiger partial charge in [-0.25, -0.2) is 52.7 Å². The Morgan fingerprint density at radius 3 is 0.656 bits per heavy atom. The third-order valence-electron chi connectivity index (χ3n) is 13.3. The second-order valence-corrected chi connectivity index (χ2v) is 20.6. The first kappa shape index (κ1) is 76.5. The van der Waals surface area contributed by atoms with Gasteiger partial charge in [-0.3, -0.25) is 9.59 Å². The van der Waals surface area contributed by atoms with Crippen LogP contribution < -0.4 is 0 Å². The number of ketones is 1. The van der Waals surface area contributed by atoms with Gasteiger partial charge in [-0.05, 0) is 25.2 Å². The summed E-state index contributed by atoms with van der Waals surface area (Å²) in [5, 5.41) is 60.5. The van der Waals surface area contributed by atoms with Crippen molar-refractivity contribution in [1.82, 2.24) is 0 Å². The number of hydrogen-bond donors (Lipinski definition) is 7. The van der Waals surface area contributed by atoms with Crippen molar-refractivity contribution in [1.29, 1.82) is 0 Å². The minimum absolute atomic E-state index is 0.0123. The number of carbonyl (C=O) groups excluding carboxylic acids is 9. The van der Waals surface area contributed by atoms with Crippen LogP contribution in [0.4, 0.5) is 0 Å². The van der Waals surface area contributed by atoms with Gasteiger partial charge in [-0.15, -0.1) is 0 Å². The lowest BCUT2D eigenvalue weighted by Crippen LogP contribution is -2.35. The van der Waals surface area contributed by atoms with E-state index >= 15 is 0 Å². The first-order valence-corrected chi connectivity index (χ1v) is 28.3. The van der Waals surface area contributed by atoms with Crippen molar-refractivity contribution >= 4 is 77.4 Å². The Labute approximate surface area is 542 Å². The van der Waals surface area contributed by atoms with Crippen LogP contribution in [0.25, 0.3) is 0 Å². The van der Waals surface area contributed by atoms with E-state index in [2.05, 4.69) is 19.7 Å². The second kappa shape index (κ2) is 37.6. The van der Waals surface area contributed by atoms with Gasteiger partial charge in [0.15, 0.2) is 54.6 Å². The van der Waals surface area contributed by atoms with Crippen molar-refractivity contribution in [2.75, 3.05) is 52.9 Å². The number of aliphatic hydroxyl groups excluding tert-OH is 3. The standard InChI is InChI=1S/C15H18O9.3C15H16O9/c4*1-8(16)2-4-12(19)23-9-6-21-15-10(7-22-14(9)15)24-13(20)5-3-11(17)18/h3,5,9-10,14-16H,1-2,4,6-7H2,(H,17,18);2-5,9-10,14-15H,6-7H2,1H3,(H,17,18);2*2-5,9-10,14-16H,1,6-7H2,(H,17,18)/b5-3+;4-2+,5-3+;4-2-,5-3+;4-2-,5-3-/t3*9-,10+,14+,15+;9-,10-,14+,15+/m0000/s1. The van der Waals surface area contributed by atoms with Gasteiger partial charge in [-0.1, -0.05) is 19.7 Å². The topological polar surface area (TPSA) is 511 Å². The molecule has 0 aromatic heterocycles. The molecule has 8 heterocycles. The fourth-order valence-electron chi connectivity index (χ4n) is 9.39. The van der Waals surface area contributed by atoms with Crippen molar-refractivity contribution < 1.29 is 174 Å². The summed E-state index contributed by atoms with van der Waals surface area (Å²) in [6.07, 6.45) is 1.89. The number of aliphatic hydroxyl groups is 3. The fourth-order valence-corrected chi connectivity index (χ4v) is 9.39. The SMILES string of the molecule is C=C(O)/C=C\C(=O)O[C@H]1CO[C@H]2[C@@H]1OC[C@@H]2OC(=O)/C=C\C(=O)O.C=C(O)/C=C\C(=O)O[C@H]1CO[C@H]2[C@@H]1OC[C@H]2OC(=O)/C=C/C(=O)O.C=C(O)CCC(=O)O[C@H]1CO[C@H]2[C@@H]1OC[C@H]2OC(=O)/C=C/C(=O)O.CC(=O)/C=C/C(=O)O[C@H]1CO[C@H]2[C@@H]1OC[C@H]2OC(=O)/C=C/C(=O)O. The fraction of sp³-hybridized carbons (Fsp3) is 0.450. The van der Waals surface area contributed by atoms with Gasteiger partial charge in [-0.2, -0.15) is 0 Å². The van der Waals surface area contributed by atoms with Crippen molar-refractivity contribution in [2.24, 2.45) is 0 Å². The summed E-state index contributed by atoms with van der Waals surface area (Å²) in [6.45, 7) is 11.4. The van der Waals surface area contributed by atoms with E-state index in [-0.39, 0.29) is 88.8 Å². The maximum Gasteiger partial charge on any atom is 0.331 e. The molecule has 0 aromatic rings. The minimum Gasteiger partial charge on any atom is -0.513 e. The van der Waals surface area contributed by atoms with Gasteiger partial charge in [0.25, 0.3) is 0 Å². The van der Waals surface area contributed by atoms with Gasteiger partial charge in [0, 0.05) is 73.3 Å². The highest BCUT2D eigenvalue weighted by Gasteiger charge is 2.54. The lowest BCUT2D eigenvalue weighted by Gasteiger charge is -2.17. The zero-order valence-electron chi connectivity index (χ0n) is 50.5. The quantitative estimate of drug-likeness (QED) is 0.0194. The highest BCUT2D eigenvalue weighted by atomic mass is 16.7. The lowest BCUT2D eigenvalue weighted by molar-refractivity contribution is -0.154. The molecule has 0 aliphatic carbocycles. The predicted octanol–water partition coefficient (Wildman–Crippen LogP) is -0.753. The van der Waals surface area contributed by atoms with Crippen LogP contribution in [0.15, 0.2) is 122 Å². The highest BCUT2D eigenvalue weighted by Crippen LogP contribution is 2.34. The summed E-state index contributed by atoms with van der Waals surface area (Å²) in [5.41, 5.74) is 0. The molecule has 0 unspecified atom stereocenters. The molecule has 0 bridgehead atoms. The molecule has 0 spiro atoms. The number of rotatable bonds is 25. The van der Waals surface area contributed by atoms with Crippen LogP contribution in [0.1, 0.15) is 19.8 Å². The molecule has 8 aliphatic rings. The number of carbonyl (C=O) groups is 13. The van der Waals surface area contributed by atoms with Crippen LogP contribution >= 0.6 is 0 Å². The summed E-state index contributed by atoms with van der Waals surface area (Å²) >= 11 is 0. The third-order valence-corrected chi connectivity index (χ3v) is 13.3. The Hall–Kier alpha value is -10.2. The molecule has 36 nitrogen and oxygen atoms in total. The average Bonchev–Trinajstić information content (AvgIpc) is 1.68. The maximum absolute atomic E-state index is 11.7. The molecule has 0 amide bonds. The molecule has 0 aromatic carbocycles. The Morgan fingerprint density at radius 2 is 0.479 bits per heavy atom. The Balaban J connectivity index is 0.000000231. The van der Waals surface area contributed by atoms with Gasteiger partial charge in [0.2, 0.25) is 0 Å². The summed E-state index contributed by atoms with van der Waals surface area (Å²) in [5.74, 6) is -12.0. The molecular weight excluding hydrogens is 1300 g/mol. The van der Waals surface area contributed by atoms with Crippen molar-refractivity contribution in [2.45, 2.75) is 117 Å². The van der Waals surface area contributed by atoms with E-state index in [1.165, 1.54) is 6.92 Å². The normalized spacial score (nSPS) is 28.8. The molecule has 8 fully saturated rings. The number of carboxylic acids is 4. The predicted molar refractivity (Wildman–Crippen MR) is 307 cm³/mol. The van der Waals surface area contributed by atoms with Gasteiger partial charge >= 0.3 is 71.6 Å². The molecule has 16 atom stereocenters. The van der Waals surface area contributed by atoms with Crippen molar-refractivity contribution in [3.63, 3.8) is 0 Å². The summed E-state index contributed by atoms with van der Waals surface area (Å²) in [6, 6.07) is 0. The number of ether oxygens (including phenoxy) is 16. The monoisotopic (exact) mass is 1360 g/mol. The lowest BCUT2D eigenvalue weighted by atomic mass is 10.1. The van der Waals surface area contributed by atoms with E-state index in [9.17, 15) is 62.3 Å². The average molecular weight is 1360 g/mol. The van der Waals surface area contributed by atoms with Crippen LogP contribution in [-0.4, -0.2) is 264 Å². The van der Waals surface area contributed by atoms with Crippen LogP contribution in [0.3, 0.4) is 0 Å². The van der Waals surface area contributed by atoms with E-state index in [1.54, 1.807) is 0 Å². The van der Waals surface area contributed by atoms with Gasteiger partial charge < -0.3 is 112 Å². The third kappa shape index (κ3) is 25.6. The molecule has 522 valence electrons. The number of allylic oxidation sites excluding steroid dienone is 4. The van der Waals surface area contributed by atoms with Crippen LogP contribution in [0, 0.1) is 0 Å². The Kier molecular flexibility index (Phi) is 30.0. The second-order valence-electron chi connectivity index (χ2n) is 20.6. The molecule has 0 saturated carbocycles. The molecule has 8 aliphatic heterocycles. The summed E-state index contributed by atoms with van der Waals surface area (Å²) in [4.78, 5) is 145. The molecule has 0 radical (unpaired) electrons. The number of carboxylic acid groups (broad SMARTS) is 4. The van der Waals surface area contributed by atoms with Crippen molar-refractivity contribution in [3.8, 4) is 0 Å². The first-order chi connectivity index (χ1) is 45.5. The van der Waals surface area contributed by atoms with E-state index in [4.69, 9.17) is 112 Å². The zero-order valence-corrected chi connectivity index (χ0v) is 50.5. The maximum atomic E-state index is 11.7. The highest BCUT2D eigenvalue weighted by molar-refractivity contribution is 5.95. The summed E-state index contributed by atoms with van der Waals surface area (Å²) in [7, 11) is 0. The molecule has 8 saturated heterocycles. The van der Waals surface area contributed by atoms with Crippen LogP contribution in [-0.2, 0) is 138 Å². The van der Waals surface area contributed by atoms with E-state index in [0.29, 0.717) is 24.3 Å². The largest absolute Gasteiger partial charge is 0.513 e. The van der Waals surface area contributed by atoms with Gasteiger partial charge in [0.1, 0.15) is 60.4 Å². The molecular formula is C60H66O36.